The molecule has 1 rings (SSSR count). The molecule has 0 aliphatic carbocycles. The zero-order valence-electron chi connectivity index (χ0n) is 10.6. The molecule has 0 saturated heterocycles. The quantitative estimate of drug-likeness (QED) is 0.600. The standard InChI is InChI=1S/C10H16N4O4/c1-7-11-9(14(17)18)10(13(7)3)12(2)6-4-5-8(15)16/h4-6H2,1-3H3,(H,15,16). The molecule has 0 fully saturated rings. The number of hydrogen-bond donors (Lipinski definition) is 1. The van der Waals surface area contributed by atoms with Crippen LogP contribution in [-0.2, 0) is 11.8 Å². The Morgan fingerprint density at radius 1 is 1.61 bits per heavy atom. The second-order valence-electron chi connectivity index (χ2n) is 4.04. The number of rotatable bonds is 6. The number of carboxylic acid groups (broad SMARTS) is 1. The van der Waals surface area contributed by atoms with Gasteiger partial charge in [0, 0.05) is 34.0 Å². The summed E-state index contributed by atoms with van der Waals surface area (Å²) in [6, 6.07) is 0. The molecule has 1 aromatic heterocycles. The predicted octanol–water partition coefficient (Wildman–Crippen LogP) is 0.938. The van der Waals surface area contributed by atoms with E-state index in [0.717, 1.165) is 0 Å². The number of nitrogens with zero attached hydrogens (tertiary/aromatic N) is 4. The molecule has 0 unspecified atom stereocenters. The van der Waals surface area contributed by atoms with Crippen LogP contribution in [-0.4, -0.2) is 39.1 Å². The van der Waals surface area contributed by atoms with Crippen LogP contribution in [0.1, 0.15) is 18.7 Å². The molecule has 100 valence electrons. The van der Waals surface area contributed by atoms with E-state index in [-0.39, 0.29) is 12.2 Å². The fraction of sp³-hybridized carbons (Fsp3) is 0.600. The molecule has 0 aliphatic heterocycles. The Bertz CT molecular complexity index is 469. The van der Waals surface area contributed by atoms with Crippen LogP contribution >= 0.6 is 0 Å². The molecule has 0 spiro atoms. The molecule has 0 bridgehead atoms. The molecular formula is C10H16N4O4. The van der Waals surface area contributed by atoms with Gasteiger partial charge in [-0.05, 0) is 16.3 Å². The molecule has 1 N–H and O–H groups in total. The Morgan fingerprint density at radius 2 is 2.22 bits per heavy atom. The molecule has 0 aliphatic rings. The fourth-order valence-corrected chi connectivity index (χ4v) is 1.70. The third-order valence-electron chi connectivity index (χ3n) is 2.69. The van der Waals surface area contributed by atoms with Gasteiger partial charge in [0.1, 0.15) is 0 Å². The van der Waals surface area contributed by atoms with Crippen LogP contribution in [0.5, 0.6) is 0 Å². The van der Waals surface area contributed by atoms with Crippen LogP contribution in [0, 0.1) is 17.0 Å². The highest BCUT2D eigenvalue weighted by Crippen LogP contribution is 2.27. The van der Waals surface area contributed by atoms with Crippen LogP contribution in [0.4, 0.5) is 11.6 Å². The van der Waals surface area contributed by atoms with Gasteiger partial charge in [0.15, 0.2) is 0 Å². The van der Waals surface area contributed by atoms with Crippen molar-refractivity contribution in [2.24, 2.45) is 7.05 Å². The molecular weight excluding hydrogens is 240 g/mol. The summed E-state index contributed by atoms with van der Waals surface area (Å²) in [5.41, 5.74) is 0. The van der Waals surface area contributed by atoms with Crippen LogP contribution < -0.4 is 4.90 Å². The molecule has 18 heavy (non-hydrogen) atoms. The van der Waals surface area contributed by atoms with E-state index in [0.29, 0.717) is 24.6 Å². The number of carboxylic acids is 1. The number of hydrogen-bond acceptors (Lipinski definition) is 5. The number of aliphatic carboxylic acids is 1. The Morgan fingerprint density at radius 3 is 2.72 bits per heavy atom. The van der Waals surface area contributed by atoms with Gasteiger partial charge in [-0.2, -0.15) is 0 Å². The molecule has 0 saturated carbocycles. The summed E-state index contributed by atoms with van der Waals surface area (Å²) in [6.07, 6.45) is 0.461. The second-order valence-corrected chi connectivity index (χ2v) is 4.04. The lowest BCUT2D eigenvalue weighted by Crippen LogP contribution is -2.22. The zero-order chi connectivity index (χ0) is 13.9. The summed E-state index contributed by atoms with van der Waals surface area (Å²) in [7, 11) is 3.38. The van der Waals surface area contributed by atoms with Gasteiger partial charge in [0.2, 0.25) is 11.6 Å². The first kappa shape index (κ1) is 13.9. The van der Waals surface area contributed by atoms with Gasteiger partial charge >= 0.3 is 11.8 Å². The Balaban J connectivity index is 2.87. The van der Waals surface area contributed by atoms with E-state index in [1.54, 1.807) is 30.5 Å². The van der Waals surface area contributed by atoms with Crippen molar-refractivity contribution in [3.05, 3.63) is 15.9 Å². The lowest BCUT2D eigenvalue weighted by molar-refractivity contribution is -0.388. The van der Waals surface area contributed by atoms with Crippen molar-refractivity contribution in [2.45, 2.75) is 19.8 Å². The predicted molar refractivity (Wildman–Crippen MR) is 64.7 cm³/mol. The number of aryl methyl sites for hydroxylation is 1. The topological polar surface area (TPSA) is 102 Å². The third kappa shape index (κ3) is 2.96. The minimum absolute atomic E-state index is 0.0367. The molecule has 0 atom stereocenters. The van der Waals surface area contributed by atoms with Gasteiger partial charge in [0.25, 0.3) is 0 Å². The molecule has 1 aromatic rings. The molecule has 8 nitrogen and oxygen atoms in total. The maximum atomic E-state index is 10.9. The van der Waals surface area contributed by atoms with Crippen molar-refractivity contribution in [3.8, 4) is 0 Å². The number of anilines is 1. The Kier molecular flexibility index (Phi) is 4.24. The van der Waals surface area contributed by atoms with E-state index in [9.17, 15) is 14.9 Å². The van der Waals surface area contributed by atoms with Crippen molar-refractivity contribution < 1.29 is 14.8 Å². The van der Waals surface area contributed by atoms with E-state index in [1.807, 2.05) is 0 Å². The SMILES string of the molecule is Cc1nc([N+](=O)[O-])c(N(C)CCCC(=O)O)n1C. The van der Waals surface area contributed by atoms with Crippen molar-refractivity contribution in [1.82, 2.24) is 9.55 Å². The van der Waals surface area contributed by atoms with E-state index in [1.165, 1.54) is 0 Å². The molecule has 8 heteroatoms. The van der Waals surface area contributed by atoms with Crippen LogP contribution in [0.15, 0.2) is 0 Å². The maximum absolute atomic E-state index is 10.9. The zero-order valence-corrected chi connectivity index (χ0v) is 10.6. The van der Waals surface area contributed by atoms with E-state index in [2.05, 4.69) is 4.98 Å². The maximum Gasteiger partial charge on any atom is 0.406 e. The van der Waals surface area contributed by atoms with Crippen molar-refractivity contribution in [3.63, 3.8) is 0 Å². The lowest BCUT2D eigenvalue weighted by Gasteiger charge is -2.17. The van der Waals surface area contributed by atoms with Gasteiger partial charge in [0.05, 0.1) is 0 Å². The van der Waals surface area contributed by atoms with Crippen LogP contribution in [0.3, 0.4) is 0 Å². The molecule has 1 heterocycles. The highest BCUT2D eigenvalue weighted by Gasteiger charge is 2.26. The fourth-order valence-electron chi connectivity index (χ4n) is 1.70. The Hall–Kier alpha value is -2.12. The summed E-state index contributed by atoms with van der Waals surface area (Å²) in [5, 5.41) is 19.4. The first-order valence-corrected chi connectivity index (χ1v) is 5.45. The van der Waals surface area contributed by atoms with E-state index in [4.69, 9.17) is 5.11 Å². The van der Waals surface area contributed by atoms with Crippen LogP contribution in [0.2, 0.25) is 0 Å². The normalized spacial score (nSPS) is 10.4. The average molecular weight is 256 g/mol. The number of imidazole rings is 1. The van der Waals surface area contributed by atoms with Crippen LogP contribution in [0.25, 0.3) is 0 Å². The number of carbonyl (C=O) groups is 1. The average Bonchev–Trinajstić information content (AvgIpc) is 2.55. The summed E-state index contributed by atoms with van der Waals surface area (Å²) in [6.45, 7) is 2.10. The summed E-state index contributed by atoms with van der Waals surface area (Å²) in [5.74, 6) is -0.142. The summed E-state index contributed by atoms with van der Waals surface area (Å²) >= 11 is 0. The van der Waals surface area contributed by atoms with Crippen molar-refractivity contribution in [2.75, 3.05) is 18.5 Å². The summed E-state index contributed by atoms with van der Waals surface area (Å²) < 4.78 is 1.62. The van der Waals surface area contributed by atoms with Crippen molar-refractivity contribution in [1.29, 1.82) is 0 Å². The van der Waals surface area contributed by atoms with Crippen molar-refractivity contribution >= 4 is 17.6 Å². The molecule has 0 aromatic carbocycles. The summed E-state index contributed by atoms with van der Waals surface area (Å²) in [4.78, 5) is 26.3. The third-order valence-corrected chi connectivity index (χ3v) is 2.69. The Labute approximate surface area is 104 Å². The van der Waals surface area contributed by atoms with Gasteiger partial charge in [-0.15, -0.1) is 0 Å². The van der Waals surface area contributed by atoms with E-state index >= 15 is 0 Å². The minimum atomic E-state index is -0.876. The minimum Gasteiger partial charge on any atom is -0.481 e. The molecule has 0 radical (unpaired) electrons. The van der Waals surface area contributed by atoms with E-state index < -0.39 is 10.9 Å². The first-order chi connectivity index (χ1) is 8.34. The molecule has 0 amide bonds. The first-order valence-electron chi connectivity index (χ1n) is 5.45. The van der Waals surface area contributed by atoms with Gasteiger partial charge in [-0.1, -0.05) is 0 Å². The van der Waals surface area contributed by atoms with Gasteiger partial charge in [-0.3, -0.25) is 9.36 Å². The lowest BCUT2D eigenvalue weighted by atomic mass is 10.3. The monoisotopic (exact) mass is 256 g/mol. The second kappa shape index (κ2) is 5.48. The largest absolute Gasteiger partial charge is 0.481 e. The van der Waals surface area contributed by atoms with Gasteiger partial charge in [-0.25, -0.2) is 0 Å². The highest BCUT2D eigenvalue weighted by atomic mass is 16.6. The highest BCUT2D eigenvalue weighted by molar-refractivity contribution is 5.66. The van der Waals surface area contributed by atoms with Gasteiger partial charge < -0.3 is 20.1 Å². The number of aromatic nitrogens is 2. The smallest absolute Gasteiger partial charge is 0.406 e. The number of nitro groups is 1.